The van der Waals surface area contributed by atoms with Gasteiger partial charge in [0.1, 0.15) is 5.75 Å². The second kappa shape index (κ2) is 11.5. The molecule has 1 aromatic rings. The number of carbonyl (C=O) groups excluding carboxylic acids is 1. The van der Waals surface area contributed by atoms with Crippen molar-refractivity contribution in [3.8, 4) is 5.75 Å². The molecule has 0 aromatic heterocycles. The van der Waals surface area contributed by atoms with Crippen LogP contribution in [0.15, 0.2) is 18.2 Å². The van der Waals surface area contributed by atoms with Gasteiger partial charge in [-0.1, -0.05) is 13.0 Å². The Balaban J connectivity index is 1.26. The quantitative estimate of drug-likeness (QED) is 0.665. The first kappa shape index (κ1) is 23.6. The summed E-state index contributed by atoms with van der Waals surface area (Å²) in [7, 11) is 1.76. The zero-order valence-electron chi connectivity index (χ0n) is 20.3. The summed E-state index contributed by atoms with van der Waals surface area (Å²) in [5.41, 5.74) is 2.98. The Labute approximate surface area is 194 Å². The van der Waals surface area contributed by atoms with Crippen LogP contribution in [0, 0.1) is 11.8 Å². The van der Waals surface area contributed by atoms with Gasteiger partial charge in [0.2, 0.25) is 5.91 Å². The Bertz CT molecular complexity index is 738. The van der Waals surface area contributed by atoms with Crippen molar-refractivity contribution in [2.75, 3.05) is 46.4 Å². The average molecular weight is 442 g/mol. The maximum absolute atomic E-state index is 12.8. The highest BCUT2D eigenvalue weighted by Gasteiger charge is 2.30. The Kier molecular flexibility index (Phi) is 8.48. The third-order valence-electron chi connectivity index (χ3n) is 8.04. The van der Waals surface area contributed by atoms with Crippen LogP contribution in [0.25, 0.3) is 0 Å². The van der Waals surface area contributed by atoms with E-state index in [1.807, 2.05) is 0 Å². The summed E-state index contributed by atoms with van der Waals surface area (Å²) in [5, 5.41) is 3.39. The number of nitrogens with zero attached hydrogens (tertiary/aromatic N) is 2. The van der Waals surface area contributed by atoms with Crippen LogP contribution in [0.4, 0.5) is 0 Å². The summed E-state index contributed by atoms with van der Waals surface area (Å²) < 4.78 is 5.47. The van der Waals surface area contributed by atoms with Crippen molar-refractivity contribution in [2.45, 2.75) is 70.8 Å². The fourth-order valence-corrected chi connectivity index (χ4v) is 6.03. The van der Waals surface area contributed by atoms with Crippen LogP contribution in [0.2, 0.25) is 0 Å². The fraction of sp³-hybridized carbons (Fsp3) is 0.741. The Hall–Kier alpha value is -1.59. The van der Waals surface area contributed by atoms with Crippen LogP contribution in [-0.4, -0.2) is 68.1 Å². The maximum Gasteiger partial charge on any atom is 0.226 e. The van der Waals surface area contributed by atoms with E-state index in [0.717, 1.165) is 57.1 Å². The highest BCUT2D eigenvalue weighted by atomic mass is 16.5. The van der Waals surface area contributed by atoms with Crippen LogP contribution in [-0.2, 0) is 17.6 Å². The minimum Gasteiger partial charge on any atom is -0.497 e. The van der Waals surface area contributed by atoms with Crippen LogP contribution >= 0.6 is 0 Å². The topological polar surface area (TPSA) is 44.8 Å². The Morgan fingerprint density at radius 3 is 2.72 bits per heavy atom. The zero-order valence-corrected chi connectivity index (χ0v) is 20.3. The van der Waals surface area contributed by atoms with E-state index in [9.17, 15) is 4.79 Å². The van der Waals surface area contributed by atoms with Gasteiger partial charge in [-0.25, -0.2) is 0 Å². The Morgan fingerprint density at radius 1 is 1.16 bits per heavy atom. The predicted molar refractivity (Wildman–Crippen MR) is 130 cm³/mol. The number of hydrogen-bond acceptors (Lipinski definition) is 4. The van der Waals surface area contributed by atoms with Gasteiger partial charge in [-0.05, 0) is 107 Å². The summed E-state index contributed by atoms with van der Waals surface area (Å²) >= 11 is 0. The van der Waals surface area contributed by atoms with E-state index in [1.54, 1.807) is 7.11 Å². The molecule has 0 radical (unpaired) electrons. The first-order chi connectivity index (χ1) is 15.7. The lowest BCUT2D eigenvalue weighted by atomic mass is 9.86. The van der Waals surface area contributed by atoms with E-state index >= 15 is 0 Å². The smallest absolute Gasteiger partial charge is 0.226 e. The number of hydrogen-bond donors (Lipinski definition) is 1. The van der Waals surface area contributed by atoms with E-state index in [2.05, 4.69) is 40.2 Å². The van der Waals surface area contributed by atoms with Gasteiger partial charge in [0, 0.05) is 25.7 Å². The van der Waals surface area contributed by atoms with Crippen molar-refractivity contribution < 1.29 is 9.53 Å². The molecule has 2 atom stereocenters. The van der Waals surface area contributed by atoms with E-state index in [-0.39, 0.29) is 5.92 Å². The molecule has 1 aliphatic carbocycles. The molecular weight excluding hydrogens is 398 g/mol. The molecule has 3 aliphatic rings. The number of piperidine rings is 2. The van der Waals surface area contributed by atoms with Gasteiger partial charge in [-0.2, -0.15) is 0 Å². The second-order valence-corrected chi connectivity index (χ2v) is 10.2. The number of amides is 1. The lowest BCUT2D eigenvalue weighted by Gasteiger charge is -2.38. The van der Waals surface area contributed by atoms with Crippen LogP contribution in [0.5, 0.6) is 5.75 Å². The normalized spacial score (nSPS) is 24.4. The first-order valence-corrected chi connectivity index (χ1v) is 13.1. The van der Waals surface area contributed by atoms with Gasteiger partial charge < -0.3 is 19.9 Å². The molecule has 1 unspecified atom stereocenters. The van der Waals surface area contributed by atoms with Gasteiger partial charge in [0.05, 0.1) is 13.0 Å². The summed E-state index contributed by atoms with van der Waals surface area (Å²) in [4.78, 5) is 17.7. The van der Waals surface area contributed by atoms with Crippen molar-refractivity contribution in [2.24, 2.45) is 11.8 Å². The highest BCUT2D eigenvalue weighted by Crippen LogP contribution is 2.29. The largest absolute Gasteiger partial charge is 0.497 e. The second-order valence-electron chi connectivity index (χ2n) is 10.2. The molecule has 4 rings (SSSR count). The van der Waals surface area contributed by atoms with Crippen LogP contribution in [0.1, 0.15) is 63.0 Å². The monoisotopic (exact) mass is 441 g/mol. The van der Waals surface area contributed by atoms with Gasteiger partial charge >= 0.3 is 0 Å². The molecule has 2 heterocycles. The molecular formula is C27H43N3O2. The SMILES string of the molecule is CCCN(CCC1CCN(C(=O)C2CCCNC2)CC1)[C@@H]1CCc2ccc(OC)cc2C1. The molecule has 2 saturated heterocycles. The van der Waals surface area contributed by atoms with Crippen LogP contribution in [0.3, 0.4) is 0 Å². The predicted octanol–water partition coefficient (Wildman–Crippen LogP) is 3.89. The summed E-state index contributed by atoms with van der Waals surface area (Å²) in [5.74, 6) is 2.36. The number of methoxy groups -OCH3 is 1. The fourth-order valence-electron chi connectivity index (χ4n) is 6.03. The number of benzene rings is 1. The van der Waals surface area contributed by atoms with Crippen molar-refractivity contribution in [3.05, 3.63) is 29.3 Å². The maximum atomic E-state index is 12.8. The van der Waals surface area contributed by atoms with Gasteiger partial charge in [0.25, 0.3) is 0 Å². The molecule has 2 fully saturated rings. The summed E-state index contributed by atoms with van der Waals surface area (Å²) in [6, 6.07) is 7.26. The van der Waals surface area contributed by atoms with Gasteiger partial charge in [-0.3, -0.25) is 4.79 Å². The molecule has 0 saturated carbocycles. The van der Waals surface area contributed by atoms with Crippen molar-refractivity contribution in [1.29, 1.82) is 0 Å². The molecule has 1 N–H and O–H groups in total. The van der Waals surface area contributed by atoms with E-state index in [4.69, 9.17) is 4.74 Å². The number of fused-ring (bicyclic) bond motifs is 1. The Morgan fingerprint density at radius 2 is 2.00 bits per heavy atom. The molecule has 178 valence electrons. The summed E-state index contributed by atoms with van der Waals surface area (Å²) in [6.45, 7) is 8.56. The minimum absolute atomic E-state index is 0.216. The lowest BCUT2D eigenvalue weighted by Crippen LogP contribution is -2.46. The van der Waals surface area contributed by atoms with Crippen molar-refractivity contribution in [1.82, 2.24) is 15.1 Å². The molecule has 32 heavy (non-hydrogen) atoms. The van der Waals surface area contributed by atoms with Crippen LogP contribution < -0.4 is 10.1 Å². The lowest BCUT2D eigenvalue weighted by molar-refractivity contribution is -0.137. The third kappa shape index (κ3) is 5.85. The molecule has 1 aromatic carbocycles. The van der Waals surface area contributed by atoms with E-state index in [1.165, 1.54) is 62.7 Å². The summed E-state index contributed by atoms with van der Waals surface area (Å²) in [6.07, 6.45) is 10.6. The standard InChI is InChI=1S/C27H43N3O2/c1-3-14-29(25-8-6-22-7-9-26(32-2)19-24(22)18-25)15-10-21-11-16-30(17-12-21)27(31)23-5-4-13-28-20-23/h7,9,19,21,23,25,28H,3-6,8,10-18,20H2,1-2H3/t23?,25-/m1/s1. The van der Waals surface area contributed by atoms with Gasteiger partial charge in [-0.15, -0.1) is 0 Å². The average Bonchev–Trinajstić information content (AvgIpc) is 2.86. The van der Waals surface area contributed by atoms with Gasteiger partial charge in [0.15, 0.2) is 0 Å². The number of aryl methyl sites for hydroxylation is 1. The number of carbonyl (C=O) groups is 1. The highest BCUT2D eigenvalue weighted by molar-refractivity contribution is 5.79. The number of likely N-dealkylation sites (tertiary alicyclic amines) is 1. The third-order valence-corrected chi connectivity index (χ3v) is 8.04. The number of rotatable bonds is 8. The van der Waals surface area contributed by atoms with Crippen molar-refractivity contribution >= 4 is 5.91 Å². The number of ether oxygens (including phenoxy) is 1. The molecule has 0 bridgehead atoms. The molecule has 5 heteroatoms. The van der Waals surface area contributed by atoms with Crippen molar-refractivity contribution in [3.63, 3.8) is 0 Å². The van der Waals surface area contributed by atoms with E-state index < -0.39 is 0 Å². The van der Waals surface area contributed by atoms with E-state index in [0.29, 0.717) is 11.9 Å². The molecule has 1 amide bonds. The molecule has 5 nitrogen and oxygen atoms in total. The number of nitrogens with one attached hydrogen (secondary N) is 1. The first-order valence-electron chi connectivity index (χ1n) is 13.1. The zero-order chi connectivity index (χ0) is 22.3. The molecule has 0 spiro atoms. The molecule has 2 aliphatic heterocycles. The minimum atomic E-state index is 0.216.